The van der Waals surface area contributed by atoms with E-state index >= 15 is 0 Å². The van der Waals surface area contributed by atoms with E-state index in [0.717, 1.165) is 5.69 Å². The molecule has 1 unspecified atom stereocenters. The Hall–Kier alpha value is -2.29. The second-order valence-corrected chi connectivity index (χ2v) is 4.82. The third kappa shape index (κ3) is 3.38. The minimum atomic E-state index is -0.0438. The number of hydrogen-bond acceptors (Lipinski definition) is 2. The van der Waals surface area contributed by atoms with Gasteiger partial charge in [-0.15, -0.1) is 0 Å². The second-order valence-electron chi connectivity index (χ2n) is 4.82. The lowest BCUT2D eigenvalue weighted by Crippen LogP contribution is -2.28. The third-order valence-corrected chi connectivity index (χ3v) is 3.38. The standard InChI is InChI=1S/C17H20N2O/c1-13(14-8-4-3-5-9-14)12-19-17(20)15-10-6-7-11-16(15)18-2/h3-11,13,18H,12H2,1-2H3,(H,19,20). The number of nitrogens with one attached hydrogen (secondary N) is 2. The Labute approximate surface area is 120 Å². The van der Waals surface area contributed by atoms with Gasteiger partial charge in [0.2, 0.25) is 0 Å². The zero-order chi connectivity index (χ0) is 14.4. The van der Waals surface area contributed by atoms with Crippen molar-refractivity contribution in [1.82, 2.24) is 5.32 Å². The van der Waals surface area contributed by atoms with Crippen molar-refractivity contribution >= 4 is 11.6 Å². The summed E-state index contributed by atoms with van der Waals surface area (Å²) in [6.07, 6.45) is 0. The minimum Gasteiger partial charge on any atom is -0.387 e. The number of benzene rings is 2. The first-order valence-corrected chi connectivity index (χ1v) is 6.82. The van der Waals surface area contributed by atoms with E-state index in [2.05, 4.69) is 29.7 Å². The van der Waals surface area contributed by atoms with E-state index in [1.54, 1.807) is 0 Å². The molecule has 2 N–H and O–H groups in total. The SMILES string of the molecule is CNc1ccccc1C(=O)NCC(C)c1ccccc1. The maximum atomic E-state index is 12.2. The second kappa shape index (κ2) is 6.75. The molecule has 0 spiro atoms. The molecule has 3 heteroatoms. The zero-order valence-corrected chi connectivity index (χ0v) is 11.9. The highest BCUT2D eigenvalue weighted by Gasteiger charge is 2.11. The van der Waals surface area contributed by atoms with Crippen molar-refractivity contribution in [3.63, 3.8) is 0 Å². The summed E-state index contributed by atoms with van der Waals surface area (Å²) in [6.45, 7) is 2.74. The first-order chi connectivity index (χ1) is 9.72. The molecule has 0 saturated heterocycles. The van der Waals surface area contributed by atoms with Crippen molar-refractivity contribution in [2.45, 2.75) is 12.8 Å². The molecular formula is C17H20N2O. The topological polar surface area (TPSA) is 41.1 Å². The van der Waals surface area contributed by atoms with Crippen LogP contribution in [-0.2, 0) is 0 Å². The van der Waals surface area contributed by atoms with E-state index in [0.29, 0.717) is 18.0 Å². The molecule has 0 aliphatic rings. The minimum absolute atomic E-state index is 0.0438. The van der Waals surface area contributed by atoms with E-state index in [4.69, 9.17) is 0 Å². The lowest BCUT2D eigenvalue weighted by molar-refractivity contribution is 0.0952. The van der Waals surface area contributed by atoms with Gasteiger partial charge in [-0.05, 0) is 23.6 Å². The molecule has 0 saturated carbocycles. The van der Waals surface area contributed by atoms with Crippen LogP contribution in [0, 0.1) is 0 Å². The van der Waals surface area contributed by atoms with Gasteiger partial charge in [-0.1, -0.05) is 49.4 Å². The third-order valence-electron chi connectivity index (χ3n) is 3.38. The summed E-state index contributed by atoms with van der Waals surface area (Å²) in [5.74, 6) is 0.250. The van der Waals surface area contributed by atoms with Gasteiger partial charge < -0.3 is 10.6 Å². The quantitative estimate of drug-likeness (QED) is 0.874. The predicted octanol–water partition coefficient (Wildman–Crippen LogP) is 3.26. The Bertz CT molecular complexity index is 566. The number of para-hydroxylation sites is 1. The molecule has 1 atom stereocenters. The summed E-state index contributed by atoms with van der Waals surface area (Å²) in [6, 6.07) is 17.7. The number of anilines is 1. The van der Waals surface area contributed by atoms with Crippen molar-refractivity contribution in [2.24, 2.45) is 0 Å². The molecule has 0 aliphatic heterocycles. The molecule has 2 aromatic rings. The van der Waals surface area contributed by atoms with Crippen molar-refractivity contribution in [3.05, 3.63) is 65.7 Å². The maximum Gasteiger partial charge on any atom is 0.253 e. The fourth-order valence-corrected chi connectivity index (χ4v) is 2.14. The first kappa shape index (κ1) is 14.1. The molecule has 1 amide bonds. The molecule has 0 bridgehead atoms. The molecular weight excluding hydrogens is 248 g/mol. The largest absolute Gasteiger partial charge is 0.387 e. The average Bonchev–Trinajstić information content (AvgIpc) is 2.53. The van der Waals surface area contributed by atoms with Gasteiger partial charge in [0.05, 0.1) is 5.56 Å². The zero-order valence-electron chi connectivity index (χ0n) is 11.9. The smallest absolute Gasteiger partial charge is 0.253 e. The van der Waals surface area contributed by atoms with Crippen molar-refractivity contribution in [3.8, 4) is 0 Å². The van der Waals surface area contributed by atoms with Gasteiger partial charge >= 0.3 is 0 Å². The van der Waals surface area contributed by atoms with Crippen LogP contribution in [0.15, 0.2) is 54.6 Å². The van der Waals surface area contributed by atoms with Gasteiger partial charge in [0.15, 0.2) is 0 Å². The van der Waals surface area contributed by atoms with E-state index in [9.17, 15) is 4.79 Å². The van der Waals surface area contributed by atoms with Crippen molar-refractivity contribution < 1.29 is 4.79 Å². The lowest BCUT2D eigenvalue weighted by atomic mass is 10.0. The maximum absolute atomic E-state index is 12.2. The highest BCUT2D eigenvalue weighted by Crippen LogP contribution is 2.16. The van der Waals surface area contributed by atoms with Crippen LogP contribution in [0.2, 0.25) is 0 Å². The molecule has 2 aromatic carbocycles. The van der Waals surface area contributed by atoms with Crippen LogP contribution in [0.1, 0.15) is 28.8 Å². The van der Waals surface area contributed by atoms with E-state index < -0.39 is 0 Å². The van der Waals surface area contributed by atoms with Crippen LogP contribution in [0.4, 0.5) is 5.69 Å². The Kier molecular flexibility index (Phi) is 4.77. The van der Waals surface area contributed by atoms with Gasteiger partial charge in [0.1, 0.15) is 0 Å². The number of hydrogen-bond donors (Lipinski definition) is 2. The number of rotatable bonds is 5. The highest BCUT2D eigenvalue weighted by molar-refractivity contribution is 5.99. The monoisotopic (exact) mass is 268 g/mol. The van der Waals surface area contributed by atoms with Gasteiger partial charge in [-0.3, -0.25) is 4.79 Å². The van der Waals surface area contributed by atoms with Gasteiger partial charge in [0.25, 0.3) is 5.91 Å². The van der Waals surface area contributed by atoms with E-state index in [1.807, 2.05) is 49.5 Å². The molecule has 0 aromatic heterocycles. The van der Waals surface area contributed by atoms with E-state index in [-0.39, 0.29) is 5.91 Å². The van der Waals surface area contributed by atoms with Crippen LogP contribution >= 0.6 is 0 Å². The Morgan fingerprint density at radius 3 is 2.40 bits per heavy atom. The number of carbonyl (C=O) groups excluding carboxylic acids is 1. The summed E-state index contributed by atoms with van der Waals surface area (Å²) in [4.78, 5) is 12.2. The Morgan fingerprint density at radius 1 is 1.05 bits per heavy atom. The van der Waals surface area contributed by atoms with Gasteiger partial charge in [-0.2, -0.15) is 0 Å². The summed E-state index contributed by atoms with van der Waals surface area (Å²) >= 11 is 0. The van der Waals surface area contributed by atoms with Crippen LogP contribution in [0.3, 0.4) is 0 Å². The molecule has 3 nitrogen and oxygen atoms in total. The van der Waals surface area contributed by atoms with Gasteiger partial charge in [-0.25, -0.2) is 0 Å². The molecule has 2 rings (SSSR count). The first-order valence-electron chi connectivity index (χ1n) is 6.82. The molecule has 20 heavy (non-hydrogen) atoms. The van der Waals surface area contributed by atoms with Crippen LogP contribution in [-0.4, -0.2) is 19.5 Å². The number of amides is 1. The van der Waals surface area contributed by atoms with Crippen LogP contribution < -0.4 is 10.6 Å². The van der Waals surface area contributed by atoms with Crippen molar-refractivity contribution in [1.29, 1.82) is 0 Å². The highest BCUT2D eigenvalue weighted by atomic mass is 16.1. The van der Waals surface area contributed by atoms with E-state index in [1.165, 1.54) is 5.56 Å². The predicted molar refractivity (Wildman–Crippen MR) is 83.2 cm³/mol. The molecule has 0 fully saturated rings. The van der Waals surface area contributed by atoms with Crippen molar-refractivity contribution in [2.75, 3.05) is 18.9 Å². The molecule has 0 heterocycles. The normalized spacial score (nSPS) is 11.7. The number of carbonyl (C=O) groups is 1. The van der Waals surface area contributed by atoms with Crippen LogP contribution in [0.5, 0.6) is 0 Å². The average molecular weight is 268 g/mol. The Morgan fingerprint density at radius 2 is 1.70 bits per heavy atom. The summed E-state index contributed by atoms with van der Waals surface area (Å²) < 4.78 is 0. The fourth-order valence-electron chi connectivity index (χ4n) is 2.14. The summed E-state index contributed by atoms with van der Waals surface area (Å²) in [5.41, 5.74) is 2.75. The van der Waals surface area contributed by atoms with Gasteiger partial charge in [0, 0.05) is 19.3 Å². The Balaban J connectivity index is 1.99. The summed E-state index contributed by atoms with van der Waals surface area (Å²) in [5, 5.41) is 6.03. The lowest BCUT2D eigenvalue weighted by Gasteiger charge is -2.14. The molecule has 104 valence electrons. The fraction of sp³-hybridized carbons (Fsp3) is 0.235. The molecule has 0 aliphatic carbocycles. The summed E-state index contributed by atoms with van der Waals surface area (Å²) in [7, 11) is 1.82. The molecule has 0 radical (unpaired) electrons. The van der Waals surface area contributed by atoms with Crippen LogP contribution in [0.25, 0.3) is 0 Å².